The van der Waals surface area contributed by atoms with E-state index in [0.717, 1.165) is 25.7 Å². The summed E-state index contributed by atoms with van der Waals surface area (Å²) in [5.74, 6) is -0.0580. The van der Waals surface area contributed by atoms with Gasteiger partial charge in [-0.2, -0.15) is 5.21 Å². The number of imide groups is 1. The Morgan fingerprint density at radius 3 is 2.15 bits per heavy atom. The molecule has 1 fully saturated rings. The van der Waals surface area contributed by atoms with Gasteiger partial charge in [0.2, 0.25) is 0 Å². The van der Waals surface area contributed by atoms with Crippen molar-refractivity contribution in [3.63, 3.8) is 0 Å². The molecule has 8 heteroatoms. The molecule has 0 radical (unpaired) electrons. The fourth-order valence-electron chi connectivity index (χ4n) is 7.36. The van der Waals surface area contributed by atoms with Crippen LogP contribution < -0.4 is 10.7 Å². The van der Waals surface area contributed by atoms with Gasteiger partial charge in [0.1, 0.15) is 5.75 Å². The van der Waals surface area contributed by atoms with E-state index >= 15 is 0 Å². The second kappa shape index (κ2) is 9.68. The summed E-state index contributed by atoms with van der Waals surface area (Å²) in [4.78, 5) is 26.7. The van der Waals surface area contributed by atoms with Crippen molar-refractivity contribution in [1.82, 2.24) is 4.90 Å². The number of amides is 2. The van der Waals surface area contributed by atoms with E-state index in [4.69, 9.17) is 0 Å². The van der Waals surface area contributed by atoms with E-state index in [0.29, 0.717) is 51.7 Å². The van der Waals surface area contributed by atoms with Gasteiger partial charge in [-0.15, -0.1) is 0 Å². The van der Waals surface area contributed by atoms with Crippen LogP contribution in [0.2, 0.25) is 0 Å². The summed E-state index contributed by atoms with van der Waals surface area (Å²) in [5, 5.41) is 34.3. The van der Waals surface area contributed by atoms with Gasteiger partial charge in [-0.3, -0.25) is 14.5 Å². The number of carbonyl (C=O) groups excluding carboxylic acids is 2. The number of benzene rings is 2. The zero-order valence-corrected chi connectivity index (χ0v) is 22.9. The van der Waals surface area contributed by atoms with Gasteiger partial charge in [-0.1, -0.05) is 51.1 Å². The number of aromatic hydroxyl groups is 1. The summed E-state index contributed by atoms with van der Waals surface area (Å²) in [6.07, 6.45) is 5.01. The standard InChI is InChI=1S/C31H36N4O4/c1-18(2)21-16-15-19(3)28(35(39)32-25-13-6-7-14-26(25)33-35)27(21)24-12-8-9-20(29(24)36)17-34-30(37)22-10-4-5-11-23(22)31(34)38/h6-9,12-14,18-19,21,27-28,39H,4-5,10-11,15-17H2,1-3H3/p+1. The van der Waals surface area contributed by atoms with Crippen LogP contribution in [0.25, 0.3) is 0 Å². The van der Waals surface area contributed by atoms with E-state index in [1.165, 1.54) is 4.90 Å². The lowest BCUT2D eigenvalue weighted by atomic mass is 9.64. The molecule has 2 aromatic rings. The molecule has 4 aliphatic rings. The van der Waals surface area contributed by atoms with Crippen molar-refractivity contribution >= 4 is 11.8 Å². The summed E-state index contributed by atoms with van der Waals surface area (Å²) in [5.41, 5.74) is 2.54. The zero-order valence-electron chi connectivity index (χ0n) is 22.9. The van der Waals surface area contributed by atoms with E-state index in [9.17, 15) is 19.9 Å². The molecule has 39 heavy (non-hydrogen) atoms. The molecule has 4 unspecified atom stereocenters. The minimum Gasteiger partial charge on any atom is -0.507 e. The monoisotopic (exact) mass is 529 g/mol. The van der Waals surface area contributed by atoms with Crippen molar-refractivity contribution in [2.45, 2.75) is 77.8 Å². The minimum atomic E-state index is -0.794. The first kappa shape index (κ1) is 25.9. The SMILES string of the molecule is CC(C)C1CCC(C)C([N+]2(O)N=c3ccccc3=N2)C1c1cccc(CN2C(=O)C3=C(CCCC3)C2=O)c1O. The van der Waals surface area contributed by atoms with Crippen molar-refractivity contribution in [3.8, 4) is 5.75 Å². The summed E-state index contributed by atoms with van der Waals surface area (Å²) in [7, 11) is 0. The van der Waals surface area contributed by atoms with Crippen molar-refractivity contribution in [2.24, 2.45) is 28.0 Å². The van der Waals surface area contributed by atoms with E-state index in [1.807, 2.05) is 36.4 Å². The van der Waals surface area contributed by atoms with E-state index < -0.39 is 10.9 Å². The number of hydrogen-bond acceptors (Lipinski definition) is 6. The van der Waals surface area contributed by atoms with Gasteiger partial charge in [0.15, 0.2) is 16.8 Å². The molecule has 6 rings (SSSR count). The van der Waals surface area contributed by atoms with Crippen LogP contribution >= 0.6 is 0 Å². The first-order valence-corrected chi connectivity index (χ1v) is 14.3. The second-order valence-corrected chi connectivity index (χ2v) is 12.0. The van der Waals surface area contributed by atoms with Crippen LogP contribution in [0.15, 0.2) is 63.8 Å². The van der Waals surface area contributed by atoms with Gasteiger partial charge in [0.05, 0.1) is 17.3 Å². The number of carbonyl (C=O) groups is 2. The maximum Gasteiger partial charge on any atom is 0.257 e. The van der Waals surface area contributed by atoms with Gasteiger partial charge in [-0.05, 0) is 72.7 Å². The number of nitrogens with zero attached hydrogens (tertiary/aromatic N) is 4. The highest BCUT2D eigenvalue weighted by molar-refractivity contribution is 6.19. The average molecular weight is 530 g/mol. The highest BCUT2D eigenvalue weighted by atomic mass is 16.6. The predicted molar refractivity (Wildman–Crippen MR) is 143 cm³/mol. The second-order valence-electron chi connectivity index (χ2n) is 12.0. The number of hydrogen-bond donors (Lipinski definition) is 2. The van der Waals surface area contributed by atoms with Gasteiger partial charge in [0.25, 0.3) is 11.8 Å². The first-order chi connectivity index (χ1) is 18.7. The van der Waals surface area contributed by atoms with E-state index in [-0.39, 0.29) is 41.9 Å². The highest BCUT2D eigenvalue weighted by Crippen LogP contribution is 2.51. The van der Waals surface area contributed by atoms with Gasteiger partial charge in [-0.25, -0.2) is 0 Å². The molecule has 4 atom stereocenters. The third kappa shape index (κ3) is 4.21. The summed E-state index contributed by atoms with van der Waals surface area (Å²) in [6.45, 7) is 6.51. The van der Waals surface area contributed by atoms with Crippen molar-refractivity contribution < 1.29 is 24.8 Å². The molecule has 204 valence electrons. The van der Waals surface area contributed by atoms with Crippen LogP contribution in [0.1, 0.15) is 76.3 Å². The fourth-order valence-corrected chi connectivity index (χ4v) is 7.36. The lowest BCUT2D eigenvalue weighted by molar-refractivity contribution is -1.14. The Labute approximate surface area is 228 Å². The predicted octanol–water partition coefficient (Wildman–Crippen LogP) is 4.27. The molecule has 0 bridgehead atoms. The van der Waals surface area contributed by atoms with Crippen molar-refractivity contribution in [2.75, 3.05) is 0 Å². The van der Waals surface area contributed by atoms with Crippen LogP contribution in [-0.4, -0.2) is 37.9 Å². The maximum absolute atomic E-state index is 13.1. The molecule has 2 amide bonds. The number of phenolic OH excluding ortho intramolecular Hbond substituents is 1. The molecule has 1 saturated carbocycles. The van der Waals surface area contributed by atoms with E-state index in [1.54, 1.807) is 6.07 Å². The quantitative estimate of drug-likeness (QED) is 0.446. The molecule has 2 aliphatic carbocycles. The molecule has 0 saturated heterocycles. The zero-order chi connectivity index (χ0) is 27.5. The maximum atomic E-state index is 13.1. The summed E-state index contributed by atoms with van der Waals surface area (Å²) in [6, 6.07) is 12.6. The molecular weight excluding hydrogens is 492 g/mol. The molecule has 0 spiro atoms. The molecular formula is C31H37N4O4+. The Kier molecular flexibility index (Phi) is 6.43. The number of phenols is 1. The highest BCUT2D eigenvalue weighted by Gasteiger charge is 2.55. The third-order valence-electron chi connectivity index (χ3n) is 9.33. The first-order valence-electron chi connectivity index (χ1n) is 14.3. The Balaban J connectivity index is 1.40. The number of para-hydroxylation sites is 1. The Bertz CT molecular complexity index is 1430. The Hall–Kier alpha value is -3.36. The summed E-state index contributed by atoms with van der Waals surface area (Å²) < 4.78 is 0. The lowest BCUT2D eigenvalue weighted by Crippen LogP contribution is -2.54. The van der Waals surface area contributed by atoms with Gasteiger partial charge < -0.3 is 5.11 Å². The van der Waals surface area contributed by atoms with Crippen LogP contribution in [0.5, 0.6) is 5.75 Å². The average Bonchev–Trinajstić information content (AvgIpc) is 3.39. The van der Waals surface area contributed by atoms with Gasteiger partial charge in [0, 0.05) is 28.2 Å². The fraction of sp³-hybridized carbons (Fsp3) is 0.484. The Morgan fingerprint density at radius 2 is 1.56 bits per heavy atom. The largest absolute Gasteiger partial charge is 0.507 e. The third-order valence-corrected chi connectivity index (χ3v) is 9.33. The van der Waals surface area contributed by atoms with Crippen LogP contribution in [-0.2, 0) is 16.1 Å². The molecule has 2 N–H and O–H groups in total. The summed E-state index contributed by atoms with van der Waals surface area (Å²) >= 11 is 0. The number of quaternary nitrogens is 1. The minimum absolute atomic E-state index is 0.0307. The number of hydroxylamine groups is 1. The number of rotatable bonds is 5. The number of fused-ring (bicyclic) bond motifs is 1. The lowest BCUT2D eigenvalue weighted by Gasteiger charge is -2.44. The van der Waals surface area contributed by atoms with Crippen LogP contribution in [0.3, 0.4) is 0 Å². The van der Waals surface area contributed by atoms with Crippen LogP contribution in [0.4, 0.5) is 0 Å². The molecule has 0 aromatic heterocycles. The van der Waals surface area contributed by atoms with Gasteiger partial charge >= 0.3 is 0 Å². The van der Waals surface area contributed by atoms with E-state index in [2.05, 4.69) is 31.0 Å². The molecule has 2 aliphatic heterocycles. The molecule has 2 heterocycles. The smallest absolute Gasteiger partial charge is 0.257 e. The van der Waals surface area contributed by atoms with Crippen molar-refractivity contribution in [3.05, 3.63) is 75.5 Å². The van der Waals surface area contributed by atoms with Crippen LogP contribution in [0, 0.1) is 17.8 Å². The van der Waals surface area contributed by atoms with Crippen molar-refractivity contribution in [1.29, 1.82) is 0 Å². The molecule has 2 aromatic carbocycles. The Morgan fingerprint density at radius 1 is 0.949 bits per heavy atom. The molecule has 8 nitrogen and oxygen atoms in total. The normalized spacial score (nSPS) is 27.9. The topological polar surface area (TPSA) is 103 Å².